The summed E-state index contributed by atoms with van der Waals surface area (Å²) in [4.78, 5) is 23.3. The standard InChI is InChI=1S/C20H24ClN7O/c1-12(23-2)8-16-14(9-13(21)10-24-16)17-4-3-6-27(17)18-5-7-28-20(26-18)15(11-25-28)19(22)29/h5,7,9-12,17,23H,3-4,6,8H2,1-2H3,(H2,22,29)/t12-,17-/m1/s1. The summed E-state index contributed by atoms with van der Waals surface area (Å²) < 4.78 is 1.57. The molecule has 3 N–H and O–H groups in total. The van der Waals surface area contributed by atoms with Crippen molar-refractivity contribution in [2.24, 2.45) is 5.73 Å². The first-order valence-electron chi connectivity index (χ1n) is 9.70. The Morgan fingerprint density at radius 3 is 3.03 bits per heavy atom. The molecule has 1 aliphatic rings. The molecule has 29 heavy (non-hydrogen) atoms. The number of rotatable bonds is 6. The normalized spacial score (nSPS) is 17.8. The molecule has 9 heteroatoms. The number of halogens is 1. The second-order valence-electron chi connectivity index (χ2n) is 7.41. The number of hydrogen-bond donors (Lipinski definition) is 2. The Morgan fingerprint density at radius 2 is 2.28 bits per heavy atom. The summed E-state index contributed by atoms with van der Waals surface area (Å²) in [7, 11) is 1.95. The highest BCUT2D eigenvalue weighted by Crippen LogP contribution is 2.37. The third-order valence-electron chi connectivity index (χ3n) is 5.49. The van der Waals surface area contributed by atoms with Gasteiger partial charge in [0.25, 0.3) is 5.91 Å². The number of primary amides is 1. The number of fused-ring (bicyclic) bond motifs is 1. The van der Waals surface area contributed by atoms with Gasteiger partial charge in [-0.25, -0.2) is 9.50 Å². The predicted octanol–water partition coefficient (Wildman–Crippen LogP) is 2.37. The molecule has 1 fully saturated rings. The Hall–Kier alpha value is -2.71. The van der Waals surface area contributed by atoms with Crippen molar-refractivity contribution < 1.29 is 4.79 Å². The zero-order valence-electron chi connectivity index (χ0n) is 16.5. The molecule has 0 spiro atoms. The lowest BCUT2D eigenvalue weighted by atomic mass is 9.99. The molecule has 1 aliphatic heterocycles. The van der Waals surface area contributed by atoms with Gasteiger partial charge in [0.15, 0.2) is 5.65 Å². The van der Waals surface area contributed by atoms with Crippen LogP contribution in [0.1, 0.15) is 47.4 Å². The van der Waals surface area contributed by atoms with Gasteiger partial charge >= 0.3 is 0 Å². The zero-order valence-corrected chi connectivity index (χ0v) is 17.2. The maximum absolute atomic E-state index is 11.7. The van der Waals surface area contributed by atoms with Gasteiger partial charge in [-0.1, -0.05) is 11.6 Å². The monoisotopic (exact) mass is 413 g/mol. The first-order valence-corrected chi connectivity index (χ1v) is 10.1. The van der Waals surface area contributed by atoms with Crippen molar-refractivity contribution in [3.05, 3.63) is 52.6 Å². The molecular weight excluding hydrogens is 390 g/mol. The van der Waals surface area contributed by atoms with Crippen LogP contribution in [0.15, 0.2) is 30.7 Å². The highest BCUT2D eigenvalue weighted by atomic mass is 35.5. The quantitative estimate of drug-likeness (QED) is 0.643. The molecule has 8 nitrogen and oxygen atoms in total. The molecule has 0 aromatic carbocycles. The lowest BCUT2D eigenvalue weighted by Gasteiger charge is -2.28. The molecule has 0 radical (unpaired) electrons. The Kier molecular flexibility index (Phi) is 5.38. The average molecular weight is 414 g/mol. The molecule has 4 heterocycles. The van der Waals surface area contributed by atoms with Gasteiger partial charge < -0.3 is 16.0 Å². The highest BCUT2D eigenvalue weighted by Gasteiger charge is 2.30. The number of carbonyl (C=O) groups is 1. The lowest BCUT2D eigenvalue weighted by molar-refractivity contribution is 0.100. The minimum absolute atomic E-state index is 0.121. The van der Waals surface area contributed by atoms with Crippen LogP contribution in [-0.2, 0) is 6.42 Å². The summed E-state index contributed by atoms with van der Waals surface area (Å²) in [6.45, 7) is 2.99. The topological polar surface area (TPSA) is 101 Å². The van der Waals surface area contributed by atoms with E-state index in [-0.39, 0.29) is 6.04 Å². The van der Waals surface area contributed by atoms with E-state index in [1.165, 1.54) is 6.20 Å². The summed E-state index contributed by atoms with van der Waals surface area (Å²) in [5.41, 5.74) is 8.41. The van der Waals surface area contributed by atoms with E-state index in [9.17, 15) is 4.79 Å². The van der Waals surface area contributed by atoms with Gasteiger partial charge in [-0.3, -0.25) is 9.78 Å². The van der Waals surface area contributed by atoms with Crippen molar-refractivity contribution in [3.8, 4) is 0 Å². The van der Waals surface area contributed by atoms with Crippen LogP contribution in [0.4, 0.5) is 5.82 Å². The largest absolute Gasteiger partial charge is 0.365 e. The van der Waals surface area contributed by atoms with Crippen molar-refractivity contribution in [1.29, 1.82) is 0 Å². The molecule has 0 aliphatic carbocycles. The average Bonchev–Trinajstić information content (AvgIpc) is 3.35. The van der Waals surface area contributed by atoms with Crippen LogP contribution in [0.2, 0.25) is 5.02 Å². The Morgan fingerprint density at radius 1 is 1.45 bits per heavy atom. The summed E-state index contributed by atoms with van der Waals surface area (Å²) in [6, 6.07) is 4.35. The fourth-order valence-electron chi connectivity index (χ4n) is 3.89. The maximum Gasteiger partial charge on any atom is 0.254 e. The molecule has 3 aromatic rings. The number of anilines is 1. The second kappa shape index (κ2) is 7.96. The Labute approximate surface area is 174 Å². The third-order valence-corrected chi connectivity index (χ3v) is 5.70. The molecule has 3 aromatic heterocycles. The fraction of sp³-hybridized carbons (Fsp3) is 0.400. The van der Waals surface area contributed by atoms with Gasteiger partial charge in [0.1, 0.15) is 11.4 Å². The van der Waals surface area contributed by atoms with E-state index in [4.69, 9.17) is 22.3 Å². The summed E-state index contributed by atoms with van der Waals surface area (Å²) in [5.74, 6) is 0.251. The highest BCUT2D eigenvalue weighted by molar-refractivity contribution is 6.30. The number of nitrogens with zero attached hydrogens (tertiary/aromatic N) is 5. The fourth-order valence-corrected chi connectivity index (χ4v) is 4.06. The Bertz CT molecular complexity index is 1050. The molecule has 1 saturated heterocycles. The van der Waals surface area contributed by atoms with E-state index in [2.05, 4.69) is 27.2 Å². The number of pyridine rings is 1. The Balaban J connectivity index is 1.73. The van der Waals surface area contributed by atoms with Crippen LogP contribution >= 0.6 is 11.6 Å². The molecule has 0 bridgehead atoms. The van der Waals surface area contributed by atoms with Crippen LogP contribution < -0.4 is 16.0 Å². The summed E-state index contributed by atoms with van der Waals surface area (Å²) in [5, 5.41) is 8.05. The van der Waals surface area contributed by atoms with E-state index >= 15 is 0 Å². The van der Waals surface area contributed by atoms with Crippen molar-refractivity contribution >= 4 is 29.0 Å². The van der Waals surface area contributed by atoms with Gasteiger partial charge in [0, 0.05) is 37.1 Å². The molecular formula is C20H24ClN7O. The van der Waals surface area contributed by atoms with E-state index in [1.807, 2.05) is 19.2 Å². The minimum Gasteiger partial charge on any atom is -0.365 e. The van der Waals surface area contributed by atoms with Gasteiger partial charge in [0.2, 0.25) is 0 Å². The first-order chi connectivity index (χ1) is 14.0. The number of amides is 1. The third kappa shape index (κ3) is 3.77. The molecule has 0 saturated carbocycles. The van der Waals surface area contributed by atoms with Gasteiger partial charge in [0.05, 0.1) is 17.3 Å². The number of hydrogen-bond acceptors (Lipinski definition) is 6. The molecule has 0 unspecified atom stereocenters. The maximum atomic E-state index is 11.7. The van der Waals surface area contributed by atoms with Crippen LogP contribution in [-0.4, -0.2) is 45.1 Å². The van der Waals surface area contributed by atoms with E-state index in [1.54, 1.807) is 16.9 Å². The van der Waals surface area contributed by atoms with E-state index in [0.717, 1.165) is 42.9 Å². The predicted molar refractivity (Wildman–Crippen MR) is 112 cm³/mol. The van der Waals surface area contributed by atoms with Crippen molar-refractivity contribution in [2.45, 2.75) is 38.3 Å². The van der Waals surface area contributed by atoms with Gasteiger partial charge in [-0.15, -0.1) is 0 Å². The van der Waals surface area contributed by atoms with Crippen LogP contribution in [0.3, 0.4) is 0 Å². The minimum atomic E-state index is -0.537. The first kappa shape index (κ1) is 19.6. The summed E-state index contributed by atoms with van der Waals surface area (Å²) >= 11 is 6.30. The van der Waals surface area contributed by atoms with Crippen molar-refractivity contribution in [3.63, 3.8) is 0 Å². The number of aromatic nitrogens is 4. The number of carbonyl (C=O) groups excluding carboxylic acids is 1. The lowest BCUT2D eigenvalue weighted by Crippen LogP contribution is -2.28. The van der Waals surface area contributed by atoms with Gasteiger partial charge in [-0.05, 0) is 44.5 Å². The molecule has 2 atom stereocenters. The van der Waals surface area contributed by atoms with Crippen molar-refractivity contribution in [1.82, 2.24) is 24.9 Å². The van der Waals surface area contributed by atoms with Gasteiger partial charge in [-0.2, -0.15) is 5.10 Å². The number of likely N-dealkylation sites (N-methyl/N-ethyl adjacent to an activating group) is 1. The smallest absolute Gasteiger partial charge is 0.254 e. The zero-order chi connectivity index (χ0) is 20.5. The van der Waals surface area contributed by atoms with Crippen LogP contribution in [0, 0.1) is 0 Å². The molecule has 1 amide bonds. The summed E-state index contributed by atoms with van der Waals surface area (Å²) in [6.07, 6.45) is 7.80. The second-order valence-corrected chi connectivity index (χ2v) is 7.85. The molecule has 4 rings (SSSR count). The molecule has 152 valence electrons. The van der Waals surface area contributed by atoms with E-state index < -0.39 is 5.91 Å². The number of nitrogens with two attached hydrogens (primary N) is 1. The van der Waals surface area contributed by atoms with Crippen LogP contribution in [0.25, 0.3) is 5.65 Å². The van der Waals surface area contributed by atoms with Crippen molar-refractivity contribution in [2.75, 3.05) is 18.5 Å². The van der Waals surface area contributed by atoms with Crippen LogP contribution in [0.5, 0.6) is 0 Å². The number of nitrogens with one attached hydrogen (secondary N) is 1. The SMILES string of the molecule is CN[C@H](C)Cc1ncc(Cl)cc1[C@H]1CCCN1c1ccn2ncc(C(N)=O)c2n1. The van der Waals surface area contributed by atoms with E-state index in [0.29, 0.717) is 22.3 Å².